The van der Waals surface area contributed by atoms with Gasteiger partial charge in [-0.3, -0.25) is 0 Å². The topological polar surface area (TPSA) is 35.9 Å². The van der Waals surface area contributed by atoms with Gasteiger partial charge in [0.25, 0.3) is 0 Å². The van der Waals surface area contributed by atoms with E-state index in [1.807, 2.05) is 0 Å². The van der Waals surface area contributed by atoms with Crippen molar-refractivity contribution >= 4 is 20.1 Å². The van der Waals surface area contributed by atoms with Crippen molar-refractivity contribution in [2.45, 2.75) is 65.1 Å². The highest BCUT2D eigenvalue weighted by atomic mass is 28.3. The maximum Gasteiger partial charge on any atom is 0.161 e. The fourth-order valence-corrected chi connectivity index (χ4v) is 9.20. The summed E-state index contributed by atoms with van der Waals surface area (Å²) >= 11 is 0. The Morgan fingerprint density at radius 1 is 1.00 bits per heavy atom. The average Bonchev–Trinajstić information content (AvgIpc) is 2.34. The third kappa shape index (κ3) is 2.98. The summed E-state index contributed by atoms with van der Waals surface area (Å²) in [6, 6.07) is 6.29. The first kappa shape index (κ1) is 17.0. The SMILES string of the molecule is Cc1cccc(N[Si](C(C)C)(C(C)C)C(C)C)c1C=N. The highest BCUT2D eigenvalue weighted by Crippen LogP contribution is 2.42. The van der Waals surface area contributed by atoms with Gasteiger partial charge in [-0.1, -0.05) is 53.7 Å². The van der Waals surface area contributed by atoms with E-state index in [1.165, 1.54) is 11.8 Å². The first-order valence-electron chi connectivity index (χ1n) is 7.65. The van der Waals surface area contributed by atoms with Crippen LogP contribution in [-0.4, -0.2) is 14.5 Å². The van der Waals surface area contributed by atoms with E-state index < -0.39 is 8.24 Å². The van der Waals surface area contributed by atoms with Crippen molar-refractivity contribution in [3.8, 4) is 0 Å². The molecular weight excluding hydrogens is 260 g/mol. The van der Waals surface area contributed by atoms with Crippen molar-refractivity contribution in [1.82, 2.24) is 0 Å². The van der Waals surface area contributed by atoms with Crippen LogP contribution in [0.15, 0.2) is 18.2 Å². The van der Waals surface area contributed by atoms with Gasteiger partial charge in [0.2, 0.25) is 0 Å². The van der Waals surface area contributed by atoms with E-state index in [1.54, 1.807) is 0 Å². The van der Waals surface area contributed by atoms with Gasteiger partial charge in [0.05, 0.1) is 0 Å². The summed E-state index contributed by atoms with van der Waals surface area (Å²) in [6.07, 6.45) is 1.48. The van der Waals surface area contributed by atoms with Gasteiger partial charge >= 0.3 is 0 Å². The molecule has 3 heteroatoms. The van der Waals surface area contributed by atoms with Crippen molar-refractivity contribution < 1.29 is 0 Å². The number of hydrogen-bond donors (Lipinski definition) is 2. The molecule has 2 N–H and O–H groups in total. The summed E-state index contributed by atoms with van der Waals surface area (Å²) in [7, 11) is -1.69. The molecule has 0 saturated carbocycles. The maximum atomic E-state index is 7.71. The molecule has 0 saturated heterocycles. The van der Waals surface area contributed by atoms with E-state index in [-0.39, 0.29) is 0 Å². The zero-order valence-electron chi connectivity index (χ0n) is 14.0. The number of benzene rings is 1. The molecule has 0 fully saturated rings. The number of anilines is 1. The number of rotatable bonds is 6. The molecule has 0 aromatic heterocycles. The van der Waals surface area contributed by atoms with E-state index in [4.69, 9.17) is 5.41 Å². The molecule has 0 spiro atoms. The van der Waals surface area contributed by atoms with Crippen LogP contribution in [0.1, 0.15) is 52.7 Å². The lowest BCUT2D eigenvalue weighted by Crippen LogP contribution is -2.52. The van der Waals surface area contributed by atoms with Gasteiger partial charge < -0.3 is 10.4 Å². The van der Waals surface area contributed by atoms with Crippen LogP contribution in [0.4, 0.5) is 5.69 Å². The molecule has 20 heavy (non-hydrogen) atoms. The van der Waals surface area contributed by atoms with E-state index in [9.17, 15) is 0 Å². The van der Waals surface area contributed by atoms with Crippen LogP contribution in [-0.2, 0) is 0 Å². The Bertz CT molecular complexity index is 442. The van der Waals surface area contributed by atoms with Gasteiger partial charge in [0.1, 0.15) is 0 Å². The van der Waals surface area contributed by atoms with Crippen LogP contribution < -0.4 is 4.98 Å². The summed E-state index contributed by atoms with van der Waals surface area (Å²) in [5.74, 6) is 0. The Balaban J connectivity index is 3.34. The van der Waals surface area contributed by atoms with Gasteiger partial charge in [-0.05, 0) is 35.2 Å². The minimum atomic E-state index is -1.69. The second kappa shape index (κ2) is 6.57. The van der Waals surface area contributed by atoms with Crippen molar-refractivity contribution in [1.29, 1.82) is 5.41 Å². The second-order valence-corrected chi connectivity index (χ2v) is 12.3. The molecule has 112 valence electrons. The van der Waals surface area contributed by atoms with Crippen LogP contribution in [0, 0.1) is 12.3 Å². The zero-order chi connectivity index (χ0) is 15.5. The molecule has 1 aromatic carbocycles. The molecule has 0 amide bonds. The quantitative estimate of drug-likeness (QED) is 0.520. The molecule has 0 unspecified atom stereocenters. The maximum absolute atomic E-state index is 7.71. The third-order valence-electron chi connectivity index (χ3n) is 4.69. The third-order valence-corrected chi connectivity index (χ3v) is 11.1. The smallest absolute Gasteiger partial charge is 0.161 e. The molecule has 2 nitrogen and oxygen atoms in total. The fourth-order valence-electron chi connectivity index (χ4n) is 3.65. The first-order valence-corrected chi connectivity index (χ1v) is 9.88. The van der Waals surface area contributed by atoms with Gasteiger partial charge in [-0.25, -0.2) is 0 Å². The van der Waals surface area contributed by atoms with E-state index in [0.29, 0.717) is 16.6 Å². The number of nitrogens with one attached hydrogen (secondary N) is 2. The molecule has 0 heterocycles. The normalized spacial score (nSPS) is 12.3. The molecule has 0 aliphatic carbocycles. The summed E-state index contributed by atoms with van der Waals surface area (Å²) < 4.78 is 0. The molecule has 0 aliphatic heterocycles. The predicted octanol–water partition coefficient (Wildman–Crippen LogP) is 5.58. The molecule has 0 aliphatic rings. The summed E-state index contributed by atoms with van der Waals surface area (Å²) in [4.78, 5) is 3.94. The van der Waals surface area contributed by atoms with Crippen LogP contribution in [0.2, 0.25) is 16.6 Å². The zero-order valence-corrected chi connectivity index (χ0v) is 15.0. The van der Waals surface area contributed by atoms with Crippen LogP contribution >= 0.6 is 0 Å². The van der Waals surface area contributed by atoms with E-state index >= 15 is 0 Å². The highest BCUT2D eigenvalue weighted by molar-refractivity contribution is 6.86. The predicted molar refractivity (Wildman–Crippen MR) is 93.7 cm³/mol. The largest absolute Gasteiger partial charge is 0.409 e. The van der Waals surface area contributed by atoms with Gasteiger partial charge in [0.15, 0.2) is 8.24 Å². The molecule has 0 bridgehead atoms. The molecule has 0 radical (unpaired) electrons. The Morgan fingerprint density at radius 2 is 1.50 bits per heavy atom. The molecular formula is C17H30N2Si. The summed E-state index contributed by atoms with van der Waals surface area (Å²) in [6.45, 7) is 16.2. The minimum Gasteiger partial charge on any atom is -0.409 e. The van der Waals surface area contributed by atoms with Crippen LogP contribution in [0.25, 0.3) is 0 Å². The molecule has 1 aromatic rings. The summed E-state index contributed by atoms with van der Waals surface area (Å²) in [5.41, 5.74) is 5.31. The van der Waals surface area contributed by atoms with Gasteiger partial charge in [0, 0.05) is 17.5 Å². The Kier molecular flexibility index (Phi) is 5.57. The highest BCUT2D eigenvalue weighted by Gasteiger charge is 2.43. The second-order valence-electron chi connectivity index (χ2n) is 6.70. The monoisotopic (exact) mass is 290 g/mol. The van der Waals surface area contributed by atoms with Crippen LogP contribution in [0.5, 0.6) is 0 Å². The Hall–Kier alpha value is -1.09. The van der Waals surface area contributed by atoms with Crippen LogP contribution in [0.3, 0.4) is 0 Å². The lowest BCUT2D eigenvalue weighted by Gasteiger charge is -2.44. The molecule has 0 atom stereocenters. The first-order chi connectivity index (χ1) is 9.27. The van der Waals surface area contributed by atoms with Gasteiger partial charge in [-0.2, -0.15) is 0 Å². The number of hydrogen-bond acceptors (Lipinski definition) is 2. The molecule has 1 rings (SSSR count). The Labute approximate surface area is 125 Å². The van der Waals surface area contributed by atoms with Gasteiger partial charge in [-0.15, -0.1) is 0 Å². The lowest BCUT2D eigenvalue weighted by atomic mass is 10.1. The standard InChI is InChI=1S/C17H30N2Si/c1-12(2)20(13(3)4,14(5)6)19-17-10-8-9-15(7)16(17)11-18/h8-14,18-19H,1-7H3. The van der Waals surface area contributed by atoms with Crippen molar-refractivity contribution in [3.63, 3.8) is 0 Å². The van der Waals surface area contributed by atoms with Crippen molar-refractivity contribution in [3.05, 3.63) is 29.3 Å². The number of aryl methyl sites for hydroxylation is 1. The van der Waals surface area contributed by atoms with Crippen molar-refractivity contribution in [2.24, 2.45) is 0 Å². The van der Waals surface area contributed by atoms with Crippen molar-refractivity contribution in [2.75, 3.05) is 4.98 Å². The fraction of sp³-hybridized carbons (Fsp3) is 0.588. The Morgan fingerprint density at radius 3 is 1.90 bits per heavy atom. The van der Waals surface area contributed by atoms with E-state index in [2.05, 4.69) is 71.6 Å². The minimum absolute atomic E-state index is 0.654. The van der Waals surface area contributed by atoms with E-state index in [0.717, 1.165) is 11.3 Å². The summed E-state index contributed by atoms with van der Waals surface area (Å²) in [5, 5.41) is 7.71. The lowest BCUT2D eigenvalue weighted by molar-refractivity contribution is 0.821. The average molecular weight is 291 g/mol.